The van der Waals surface area contributed by atoms with Crippen LogP contribution in [-0.4, -0.2) is 115 Å². The first-order valence-corrected chi connectivity index (χ1v) is 15.3. The van der Waals surface area contributed by atoms with Crippen LogP contribution in [0.3, 0.4) is 0 Å². The summed E-state index contributed by atoms with van der Waals surface area (Å²) in [5.74, 6) is -2.85. The van der Waals surface area contributed by atoms with Gasteiger partial charge in [-0.05, 0) is 50.8 Å². The van der Waals surface area contributed by atoms with Gasteiger partial charge >= 0.3 is 0 Å². The number of nitrogens with one attached hydrogen (secondary N) is 3. The van der Waals surface area contributed by atoms with Crippen molar-refractivity contribution in [3.05, 3.63) is 35.9 Å². The van der Waals surface area contributed by atoms with Gasteiger partial charge in [-0.15, -0.1) is 0 Å². The molecule has 0 unspecified atom stereocenters. The lowest BCUT2D eigenvalue weighted by Crippen LogP contribution is -2.57. The third-order valence-corrected chi connectivity index (χ3v) is 8.21. The SMILES string of the molecule is CC(C)C[C@@H]1NC(=O)CN(C(=O)C2CCN(CC(N)=O)CC2)CCNC(=O)[C@H](Cc2ccccc2)NC(=O)[C@H](C)N(C)C1=O. The summed E-state index contributed by atoms with van der Waals surface area (Å²) in [5, 5.41) is 8.42. The Bertz CT molecular complexity index is 1190. The van der Waals surface area contributed by atoms with Crippen LogP contribution in [0.5, 0.6) is 0 Å². The fourth-order valence-corrected chi connectivity index (χ4v) is 5.59. The molecular weight excluding hydrogens is 566 g/mol. The standard InChI is InChI=1S/C31H47N7O6/c1-20(2)16-25-31(44)36(4)21(3)28(41)35-24(17-22-8-6-5-7-9-22)29(42)33-12-15-38(19-27(40)34-25)30(43)23-10-13-37(14-11-23)18-26(32)39/h5-9,20-21,23-25H,10-19H2,1-4H3,(H2,32,39)(H,33,42)(H,34,40)(H,35,41)/t21-,24-,25-/m0/s1. The Balaban J connectivity index is 1.86. The monoisotopic (exact) mass is 613 g/mol. The Hall–Kier alpha value is -4.00. The van der Waals surface area contributed by atoms with Crippen molar-refractivity contribution in [2.75, 3.05) is 46.3 Å². The van der Waals surface area contributed by atoms with E-state index in [1.165, 1.54) is 16.8 Å². The molecule has 2 aliphatic rings. The van der Waals surface area contributed by atoms with Crippen molar-refractivity contribution in [3.8, 4) is 0 Å². The molecule has 1 aromatic carbocycles. The second-order valence-electron chi connectivity index (χ2n) is 12.2. The van der Waals surface area contributed by atoms with E-state index in [0.29, 0.717) is 32.4 Å². The summed E-state index contributed by atoms with van der Waals surface area (Å²) in [6, 6.07) is 6.52. The first-order valence-electron chi connectivity index (χ1n) is 15.3. The highest BCUT2D eigenvalue weighted by Crippen LogP contribution is 2.20. The maximum Gasteiger partial charge on any atom is 0.245 e. The number of likely N-dealkylation sites (tertiary alicyclic amines) is 1. The molecule has 44 heavy (non-hydrogen) atoms. The minimum absolute atomic E-state index is 0.0589. The Kier molecular flexibility index (Phi) is 12.7. The topological polar surface area (TPSA) is 174 Å². The van der Waals surface area contributed by atoms with Gasteiger partial charge in [0.25, 0.3) is 0 Å². The molecule has 0 bridgehead atoms. The van der Waals surface area contributed by atoms with Gasteiger partial charge in [-0.1, -0.05) is 44.2 Å². The van der Waals surface area contributed by atoms with Gasteiger partial charge in [0, 0.05) is 32.5 Å². The summed E-state index contributed by atoms with van der Waals surface area (Å²) < 4.78 is 0. The van der Waals surface area contributed by atoms with E-state index in [2.05, 4.69) is 16.0 Å². The van der Waals surface area contributed by atoms with E-state index in [4.69, 9.17) is 5.73 Å². The van der Waals surface area contributed by atoms with Crippen molar-refractivity contribution in [2.24, 2.45) is 17.6 Å². The Morgan fingerprint density at radius 1 is 0.955 bits per heavy atom. The lowest BCUT2D eigenvalue weighted by Gasteiger charge is -2.34. The molecule has 0 aromatic heterocycles. The third kappa shape index (κ3) is 10.0. The van der Waals surface area contributed by atoms with Crippen LogP contribution < -0.4 is 21.7 Å². The highest BCUT2D eigenvalue weighted by atomic mass is 16.2. The predicted octanol–water partition coefficient (Wildman–Crippen LogP) is -0.753. The van der Waals surface area contributed by atoms with Crippen molar-refractivity contribution in [3.63, 3.8) is 0 Å². The number of hydrogen-bond acceptors (Lipinski definition) is 7. The van der Waals surface area contributed by atoms with Gasteiger partial charge in [0.2, 0.25) is 35.4 Å². The highest BCUT2D eigenvalue weighted by Gasteiger charge is 2.34. The molecule has 1 aromatic rings. The van der Waals surface area contributed by atoms with Crippen LogP contribution in [0, 0.1) is 11.8 Å². The van der Waals surface area contributed by atoms with E-state index >= 15 is 0 Å². The van der Waals surface area contributed by atoms with Crippen LogP contribution in [0.2, 0.25) is 0 Å². The molecule has 242 valence electrons. The van der Waals surface area contributed by atoms with Crippen LogP contribution in [0.15, 0.2) is 30.3 Å². The smallest absolute Gasteiger partial charge is 0.245 e. The first kappa shape index (κ1) is 34.5. The summed E-state index contributed by atoms with van der Waals surface area (Å²) in [5.41, 5.74) is 6.16. The number of nitrogens with two attached hydrogens (primary N) is 1. The number of nitrogens with zero attached hydrogens (tertiary/aromatic N) is 3. The molecule has 0 saturated carbocycles. The first-order chi connectivity index (χ1) is 20.8. The zero-order chi connectivity index (χ0) is 32.4. The second-order valence-corrected chi connectivity index (χ2v) is 12.2. The normalized spacial score (nSPS) is 23.8. The van der Waals surface area contributed by atoms with Gasteiger partial charge in [-0.25, -0.2) is 0 Å². The molecule has 13 heteroatoms. The molecule has 0 aliphatic carbocycles. The van der Waals surface area contributed by atoms with E-state index in [1.54, 1.807) is 6.92 Å². The molecule has 3 atom stereocenters. The molecule has 2 fully saturated rings. The van der Waals surface area contributed by atoms with Gasteiger partial charge in [-0.2, -0.15) is 0 Å². The van der Waals surface area contributed by atoms with Gasteiger partial charge in [0.15, 0.2) is 0 Å². The molecule has 13 nitrogen and oxygen atoms in total. The number of benzene rings is 1. The molecule has 2 aliphatic heterocycles. The Labute approximate surface area is 259 Å². The molecule has 5 N–H and O–H groups in total. The summed E-state index contributed by atoms with van der Waals surface area (Å²) >= 11 is 0. The van der Waals surface area contributed by atoms with Crippen LogP contribution >= 0.6 is 0 Å². The van der Waals surface area contributed by atoms with Gasteiger partial charge in [0.05, 0.1) is 13.1 Å². The minimum Gasteiger partial charge on any atom is -0.369 e. The van der Waals surface area contributed by atoms with E-state index < -0.39 is 47.7 Å². The summed E-state index contributed by atoms with van der Waals surface area (Å²) in [4.78, 5) is 83.1. The molecule has 2 saturated heterocycles. The number of piperidine rings is 1. The zero-order valence-electron chi connectivity index (χ0n) is 26.2. The quantitative estimate of drug-likeness (QED) is 0.313. The molecule has 0 spiro atoms. The minimum atomic E-state index is -0.925. The van der Waals surface area contributed by atoms with Crippen LogP contribution in [0.25, 0.3) is 0 Å². The van der Waals surface area contributed by atoms with Gasteiger partial charge in [0.1, 0.15) is 18.1 Å². The largest absolute Gasteiger partial charge is 0.369 e. The molecule has 3 rings (SSSR count). The maximum absolute atomic E-state index is 13.7. The average Bonchev–Trinajstić information content (AvgIpc) is 2.98. The van der Waals surface area contributed by atoms with Crippen molar-refractivity contribution >= 4 is 35.4 Å². The number of hydrogen-bond donors (Lipinski definition) is 4. The van der Waals surface area contributed by atoms with Crippen molar-refractivity contribution < 1.29 is 28.8 Å². The number of carbonyl (C=O) groups excluding carboxylic acids is 6. The van der Waals surface area contributed by atoms with E-state index in [-0.39, 0.29) is 50.3 Å². The van der Waals surface area contributed by atoms with Gasteiger partial charge in [-0.3, -0.25) is 33.7 Å². The maximum atomic E-state index is 13.7. The van der Waals surface area contributed by atoms with E-state index in [0.717, 1.165) is 5.56 Å². The van der Waals surface area contributed by atoms with Crippen LogP contribution in [0.1, 0.15) is 45.6 Å². The molecular formula is C31H47N7O6. The lowest BCUT2D eigenvalue weighted by atomic mass is 9.95. The summed E-state index contributed by atoms with van der Waals surface area (Å²) in [6.45, 7) is 6.42. The van der Waals surface area contributed by atoms with Crippen LogP contribution in [0.4, 0.5) is 0 Å². The second kappa shape index (κ2) is 16.2. The van der Waals surface area contributed by atoms with Crippen molar-refractivity contribution in [1.82, 2.24) is 30.7 Å². The summed E-state index contributed by atoms with van der Waals surface area (Å²) in [7, 11) is 1.50. The number of rotatable bonds is 7. The Morgan fingerprint density at radius 3 is 2.23 bits per heavy atom. The number of primary amides is 1. The molecule has 0 radical (unpaired) electrons. The lowest BCUT2D eigenvalue weighted by molar-refractivity contribution is -0.143. The summed E-state index contributed by atoms with van der Waals surface area (Å²) in [6.07, 6.45) is 1.56. The number of amides is 6. The third-order valence-electron chi connectivity index (χ3n) is 8.21. The fraction of sp³-hybridized carbons (Fsp3) is 0.613. The van der Waals surface area contributed by atoms with Crippen molar-refractivity contribution in [2.45, 2.75) is 64.6 Å². The average molecular weight is 614 g/mol. The number of likely N-dealkylation sites (N-methyl/N-ethyl adjacent to an activating group) is 1. The van der Waals surface area contributed by atoms with Crippen LogP contribution in [-0.2, 0) is 35.2 Å². The fourth-order valence-electron chi connectivity index (χ4n) is 5.59. The number of carbonyl (C=O) groups is 6. The van der Waals surface area contributed by atoms with Crippen molar-refractivity contribution in [1.29, 1.82) is 0 Å². The molecule has 2 heterocycles. The van der Waals surface area contributed by atoms with Gasteiger partial charge < -0.3 is 31.5 Å². The van der Waals surface area contributed by atoms with E-state index in [9.17, 15) is 28.8 Å². The van der Waals surface area contributed by atoms with E-state index in [1.807, 2.05) is 49.1 Å². The molecule has 6 amide bonds. The highest BCUT2D eigenvalue weighted by molar-refractivity contribution is 5.95. The zero-order valence-corrected chi connectivity index (χ0v) is 26.2. The Morgan fingerprint density at radius 2 is 1.61 bits per heavy atom. The predicted molar refractivity (Wildman–Crippen MR) is 164 cm³/mol.